The van der Waals surface area contributed by atoms with E-state index in [2.05, 4.69) is 57.3 Å². The fraction of sp³-hybridized carbons (Fsp3) is 0.636. The molecule has 4 nitrogen and oxygen atoms in total. The topological polar surface area (TPSA) is 49.8 Å². The van der Waals surface area contributed by atoms with Gasteiger partial charge in [0, 0.05) is 30.6 Å². The maximum Gasteiger partial charge on any atom is 0.198 e. The molecule has 2 rings (SSSR count). The largest absolute Gasteiger partial charge is 0.365 e. The summed E-state index contributed by atoms with van der Waals surface area (Å²) >= 11 is 3.37. The van der Waals surface area contributed by atoms with Gasteiger partial charge in [-0.2, -0.15) is 0 Å². The van der Waals surface area contributed by atoms with Crippen LogP contribution in [0.5, 0.6) is 0 Å². The highest BCUT2D eigenvalue weighted by atomic mass is 79.9. The Morgan fingerprint density at radius 3 is 2.75 bits per heavy atom. The minimum absolute atomic E-state index is 0.0129. The normalized spacial score (nSPS) is 15.8. The molecule has 0 fully saturated rings. The van der Waals surface area contributed by atoms with E-state index in [0.29, 0.717) is 4.73 Å². The van der Waals surface area contributed by atoms with Crippen LogP contribution >= 0.6 is 15.9 Å². The van der Waals surface area contributed by atoms with E-state index in [1.165, 1.54) is 5.56 Å². The van der Waals surface area contributed by atoms with Crippen molar-refractivity contribution in [3.63, 3.8) is 0 Å². The second kappa shape index (κ2) is 4.30. The van der Waals surface area contributed by atoms with Crippen LogP contribution in [0.15, 0.2) is 4.73 Å². The molecule has 0 saturated heterocycles. The third-order valence-electron chi connectivity index (χ3n) is 2.40. The maximum absolute atomic E-state index is 4.43. The van der Waals surface area contributed by atoms with Crippen molar-refractivity contribution in [1.29, 1.82) is 0 Å². The summed E-state index contributed by atoms with van der Waals surface area (Å²) in [7, 11) is 0. The summed E-state index contributed by atoms with van der Waals surface area (Å²) < 4.78 is 0.667. The van der Waals surface area contributed by atoms with Crippen LogP contribution in [0.4, 0.5) is 5.82 Å². The van der Waals surface area contributed by atoms with Crippen molar-refractivity contribution < 1.29 is 0 Å². The molecule has 88 valence electrons. The molecule has 0 aliphatic carbocycles. The Balaban J connectivity index is 2.39. The molecule has 0 bridgehead atoms. The average Bonchev–Trinajstić information content (AvgIpc) is 2.14. The molecule has 0 aromatic carbocycles. The predicted octanol–water partition coefficient (Wildman–Crippen LogP) is 2.10. The van der Waals surface area contributed by atoms with Crippen LogP contribution < -0.4 is 10.6 Å². The maximum atomic E-state index is 4.43. The van der Waals surface area contributed by atoms with Gasteiger partial charge in [-0.15, -0.1) is 0 Å². The summed E-state index contributed by atoms with van der Waals surface area (Å²) in [6.45, 7) is 8.23. The van der Waals surface area contributed by atoms with Gasteiger partial charge in [-0.3, -0.25) is 0 Å². The van der Waals surface area contributed by atoms with Crippen molar-refractivity contribution in [1.82, 2.24) is 15.3 Å². The number of aromatic nitrogens is 2. The lowest BCUT2D eigenvalue weighted by Crippen LogP contribution is -2.31. The molecule has 5 heteroatoms. The molecule has 1 aliphatic rings. The Labute approximate surface area is 104 Å². The van der Waals surface area contributed by atoms with Gasteiger partial charge in [0.05, 0.1) is 5.69 Å². The Morgan fingerprint density at radius 1 is 1.31 bits per heavy atom. The number of anilines is 1. The molecular formula is C11H17BrN4. The van der Waals surface area contributed by atoms with E-state index < -0.39 is 0 Å². The fourth-order valence-corrected chi connectivity index (χ4v) is 2.16. The summed E-state index contributed by atoms with van der Waals surface area (Å²) in [6.07, 6.45) is 0.968. The van der Waals surface area contributed by atoms with Crippen LogP contribution in [0.3, 0.4) is 0 Å². The van der Waals surface area contributed by atoms with E-state index in [1.807, 2.05) is 0 Å². The molecule has 2 N–H and O–H groups in total. The number of nitrogens with zero attached hydrogens (tertiary/aromatic N) is 2. The third-order valence-corrected chi connectivity index (χ3v) is 2.75. The average molecular weight is 285 g/mol. The van der Waals surface area contributed by atoms with Gasteiger partial charge < -0.3 is 10.6 Å². The molecule has 0 amide bonds. The first kappa shape index (κ1) is 11.8. The number of nitrogens with one attached hydrogen (secondary N) is 2. The summed E-state index contributed by atoms with van der Waals surface area (Å²) in [6, 6.07) is 0. The lowest BCUT2D eigenvalue weighted by Gasteiger charge is -2.26. The number of fused-ring (bicyclic) bond motifs is 1. The van der Waals surface area contributed by atoms with Gasteiger partial charge in [-0.1, -0.05) is 0 Å². The van der Waals surface area contributed by atoms with Gasteiger partial charge in [-0.05, 0) is 36.7 Å². The minimum Gasteiger partial charge on any atom is -0.365 e. The number of hydrogen-bond donors (Lipinski definition) is 2. The van der Waals surface area contributed by atoms with Crippen LogP contribution in [0, 0.1) is 0 Å². The van der Waals surface area contributed by atoms with E-state index in [9.17, 15) is 0 Å². The highest BCUT2D eigenvalue weighted by molar-refractivity contribution is 9.10. The van der Waals surface area contributed by atoms with Gasteiger partial charge >= 0.3 is 0 Å². The summed E-state index contributed by atoms with van der Waals surface area (Å²) in [5.41, 5.74) is 2.36. The Hall–Kier alpha value is -0.680. The molecule has 0 spiro atoms. The molecule has 0 radical (unpaired) electrons. The molecule has 1 aliphatic heterocycles. The van der Waals surface area contributed by atoms with Crippen LogP contribution in [0.2, 0.25) is 0 Å². The highest BCUT2D eigenvalue weighted by Gasteiger charge is 2.20. The molecule has 16 heavy (non-hydrogen) atoms. The fourth-order valence-electron chi connectivity index (χ4n) is 1.77. The second-order valence-corrected chi connectivity index (χ2v) is 5.78. The monoisotopic (exact) mass is 284 g/mol. The molecular weight excluding hydrogens is 268 g/mol. The Kier molecular flexibility index (Phi) is 3.17. The van der Waals surface area contributed by atoms with Crippen molar-refractivity contribution in [3.8, 4) is 0 Å². The number of hydrogen-bond acceptors (Lipinski definition) is 4. The van der Waals surface area contributed by atoms with Gasteiger partial charge in [0.2, 0.25) is 0 Å². The molecule has 1 aromatic rings. The van der Waals surface area contributed by atoms with E-state index in [4.69, 9.17) is 0 Å². The van der Waals surface area contributed by atoms with Crippen molar-refractivity contribution >= 4 is 21.7 Å². The van der Waals surface area contributed by atoms with E-state index in [-0.39, 0.29) is 5.54 Å². The molecule has 0 unspecified atom stereocenters. The van der Waals surface area contributed by atoms with Crippen molar-refractivity contribution in [3.05, 3.63) is 16.0 Å². The van der Waals surface area contributed by atoms with Gasteiger partial charge in [0.1, 0.15) is 5.82 Å². The van der Waals surface area contributed by atoms with Crippen molar-refractivity contribution in [2.24, 2.45) is 0 Å². The highest BCUT2D eigenvalue weighted by Crippen LogP contribution is 2.24. The van der Waals surface area contributed by atoms with Crippen LogP contribution in [0.25, 0.3) is 0 Å². The predicted molar refractivity (Wildman–Crippen MR) is 68.5 cm³/mol. The first-order chi connectivity index (χ1) is 7.46. The van der Waals surface area contributed by atoms with Crippen LogP contribution in [0.1, 0.15) is 32.0 Å². The van der Waals surface area contributed by atoms with Gasteiger partial charge in [0.15, 0.2) is 4.73 Å². The lowest BCUT2D eigenvalue weighted by atomic mass is 10.1. The van der Waals surface area contributed by atoms with E-state index in [0.717, 1.165) is 31.0 Å². The quantitative estimate of drug-likeness (QED) is 0.776. The van der Waals surface area contributed by atoms with Crippen LogP contribution in [-0.4, -0.2) is 22.1 Å². The van der Waals surface area contributed by atoms with E-state index >= 15 is 0 Å². The number of rotatable bonds is 1. The zero-order valence-electron chi connectivity index (χ0n) is 9.89. The zero-order chi connectivity index (χ0) is 11.8. The summed E-state index contributed by atoms with van der Waals surface area (Å²) in [4.78, 5) is 8.86. The first-order valence-corrected chi connectivity index (χ1v) is 6.29. The lowest BCUT2D eigenvalue weighted by molar-refractivity contribution is 0.603. The van der Waals surface area contributed by atoms with Crippen LogP contribution in [-0.2, 0) is 13.0 Å². The Bertz CT molecular complexity index is 398. The van der Waals surface area contributed by atoms with Crippen molar-refractivity contribution in [2.45, 2.75) is 39.3 Å². The summed E-state index contributed by atoms with van der Waals surface area (Å²) in [5.74, 6) is 0.941. The smallest absolute Gasteiger partial charge is 0.198 e. The standard InChI is InChI=1S/C11H17BrN4/c1-11(2,3)16-9-7-6-13-5-4-8(7)14-10(12)15-9/h13H,4-6H2,1-3H3,(H,14,15,16). The SMILES string of the molecule is CC(C)(C)Nc1nc(Br)nc2c1CNCC2. The molecule has 1 aromatic heterocycles. The van der Waals surface area contributed by atoms with E-state index in [1.54, 1.807) is 0 Å². The van der Waals surface area contributed by atoms with Gasteiger partial charge in [0.25, 0.3) is 0 Å². The summed E-state index contributed by atoms with van der Waals surface area (Å²) in [5, 5.41) is 6.78. The number of halogens is 1. The van der Waals surface area contributed by atoms with Crippen molar-refractivity contribution in [2.75, 3.05) is 11.9 Å². The van der Waals surface area contributed by atoms with Gasteiger partial charge in [-0.25, -0.2) is 9.97 Å². The second-order valence-electron chi connectivity index (χ2n) is 5.07. The minimum atomic E-state index is 0.0129. The molecule has 0 atom stereocenters. The molecule has 2 heterocycles. The Morgan fingerprint density at radius 2 is 2.06 bits per heavy atom. The third kappa shape index (κ3) is 2.71. The molecule has 0 saturated carbocycles. The first-order valence-electron chi connectivity index (χ1n) is 5.50. The zero-order valence-corrected chi connectivity index (χ0v) is 11.5.